The van der Waals surface area contributed by atoms with Gasteiger partial charge in [-0.25, -0.2) is 9.59 Å². The van der Waals surface area contributed by atoms with Gasteiger partial charge in [0.05, 0.1) is 11.4 Å². The molecule has 0 saturated carbocycles. The largest absolute Gasteiger partial charge is 0.420 e. The fourth-order valence-electron chi connectivity index (χ4n) is 2.90. The zero-order chi connectivity index (χ0) is 18.3. The van der Waals surface area contributed by atoms with Crippen molar-refractivity contribution in [3.05, 3.63) is 81.5 Å². The summed E-state index contributed by atoms with van der Waals surface area (Å²) in [5, 5.41) is 9.40. The standard InChI is InChI=1S/C19H13N3O4/c20-19(21)22(13-5-1-3-11-7-9-15(23)25-17(11)13)14-6-2-4-12-8-10-16(24)26-18(12)14/h1-10H,(H3,20,21). The molecule has 0 amide bonds. The van der Waals surface area contributed by atoms with Gasteiger partial charge in [0.15, 0.2) is 17.1 Å². The van der Waals surface area contributed by atoms with Crippen LogP contribution in [0.15, 0.2) is 79.1 Å². The van der Waals surface area contributed by atoms with Crippen LogP contribution < -0.4 is 21.9 Å². The average Bonchev–Trinajstić information content (AvgIpc) is 2.62. The first kappa shape index (κ1) is 15.6. The Morgan fingerprint density at radius 1 is 0.769 bits per heavy atom. The highest BCUT2D eigenvalue weighted by Crippen LogP contribution is 2.35. The number of guanidine groups is 1. The SMILES string of the molecule is N=C(N)N(c1cccc2ccc(=O)oc12)c1cccc2ccc(=O)oc12. The molecule has 26 heavy (non-hydrogen) atoms. The molecule has 4 aromatic rings. The number of nitrogens with zero attached hydrogens (tertiary/aromatic N) is 1. The Morgan fingerprint density at radius 2 is 1.23 bits per heavy atom. The van der Waals surface area contributed by atoms with Gasteiger partial charge in [0.25, 0.3) is 0 Å². The zero-order valence-corrected chi connectivity index (χ0v) is 13.4. The fourth-order valence-corrected chi connectivity index (χ4v) is 2.90. The predicted molar refractivity (Wildman–Crippen MR) is 99.0 cm³/mol. The van der Waals surface area contributed by atoms with Gasteiger partial charge in [0.2, 0.25) is 0 Å². The number of anilines is 2. The van der Waals surface area contributed by atoms with Crippen LogP contribution in [-0.4, -0.2) is 5.96 Å². The van der Waals surface area contributed by atoms with Crippen LogP contribution >= 0.6 is 0 Å². The van der Waals surface area contributed by atoms with Gasteiger partial charge >= 0.3 is 11.3 Å². The first-order valence-corrected chi connectivity index (χ1v) is 7.74. The lowest BCUT2D eigenvalue weighted by Gasteiger charge is -2.23. The number of hydrogen-bond donors (Lipinski definition) is 2. The second kappa shape index (κ2) is 5.89. The molecule has 7 heteroatoms. The van der Waals surface area contributed by atoms with E-state index in [2.05, 4.69) is 0 Å². The number of benzene rings is 2. The molecule has 3 N–H and O–H groups in total. The Balaban J connectivity index is 2.07. The maximum absolute atomic E-state index is 11.7. The van der Waals surface area contributed by atoms with Crippen molar-refractivity contribution in [2.45, 2.75) is 0 Å². The van der Waals surface area contributed by atoms with E-state index < -0.39 is 11.3 Å². The van der Waals surface area contributed by atoms with Crippen molar-refractivity contribution in [3.63, 3.8) is 0 Å². The molecule has 0 spiro atoms. The Kier molecular flexibility index (Phi) is 3.54. The third-order valence-corrected chi connectivity index (χ3v) is 3.98. The lowest BCUT2D eigenvalue weighted by atomic mass is 10.1. The van der Waals surface area contributed by atoms with Crippen LogP contribution in [0.1, 0.15) is 0 Å². The van der Waals surface area contributed by atoms with E-state index in [4.69, 9.17) is 20.0 Å². The predicted octanol–water partition coefficient (Wildman–Crippen LogP) is 2.93. The summed E-state index contributed by atoms with van der Waals surface area (Å²) in [6.45, 7) is 0. The molecule has 0 radical (unpaired) electrons. The number of para-hydroxylation sites is 2. The Morgan fingerprint density at radius 3 is 1.65 bits per heavy atom. The van der Waals surface area contributed by atoms with Crippen LogP contribution in [0.4, 0.5) is 11.4 Å². The van der Waals surface area contributed by atoms with E-state index in [9.17, 15) is 9.59 Å². The highest BCUT2D eigenvalue weighted by molar-refractivity contribution is 6.10. The van der Waals surface area contributed by atoms with Gasteiger partial charge in [-0.05, 0) is 24.3 Å². The summed E-state index contributed by atoms with van der Waals surface area (Å²) in [7, 11) is 0. The van der Waals surface area contributed by atoms with Crippen LogP contribution in [0.5, 0.6) is 0 Å². The molecule has 4 rings (SSSR count). The van der Waals surface area contributed by atoms with E-state index in [1.165, 1.54) is 17.0 Å². The van der Waals surface area contributed by atoms with E-state index in [1.54, 1.807) is 48.5 Å². The number of nitrogens with two attached hydrogens (primary N) is 1. The van der Waals surface area contributed by atoms with E-state index in [1.807, 2.05) is 0 Å². The summed E-state index contributed by atoms with van der Waals surface area (Å²) in [4.78, 5) is 24.8. The molecule has 0 atom stereocenters. The Hall–Kier alpha value is -3.87. The quantitative estimate of drug-likeness (QED) is 0.327. The van der Waals surface area contributed by atoms with E-state index in [0.29, 0.717) is 22.1 Å². The summed E-state index contributed by atoms with van der Waals surface area (Å²) in [5.41, 5.74) is 6.15. The average molecular weight is 347 g/mol. The summed E-state index contributed by atoms with van der Waals surface area (Å²) in [5.74, 6) is -0.317. The van der Waals surface area contributed by atoms with Crippen molar-refractivity contribution >= 4 is 39.3 Å². The Labute approximate surface area is 146 Å². The maximum atomic E-state index is 11.7. The number of hydrogen-bond acceptors (Lipinski definition) is 5. The number of fused-ring (bicyclic) bond motifs is 2. The van der Waals surface area contributed by atoms with Crippen molar-refractivity contribution in [2.75, 3.05) is 4.90 Å². The third-order valence-electron chi connectivity index (χ3n) is 3.98. The molecule has 0 unspecified atom stereocenters. The number of nitrogens with one attached hydrogen (secondary N) is 1. The van der Waals surface area contributed by atoms with Crippen LogP contribution in [0.3, 0.4) is 0 Å². The van der Waals surface area contributed by atoms with Gasteiger partial charge in [-0.3, -0.25) is 10.3 Å². The summed E-state index contributed by atoms with van der Waals surface area (Å²) >= 11 is 0. The van der Waals surface area contributed by atoms with Crippen molar-refractivity contribution in [1.29, 1.82) is 5.41 Å². The monoisotopic (exact) mass is 347 g/mol. The van der Waals surface area contributed by atoms with Gasteiger partial charge in [0, 0.05) is 22.9 Å². The minimum absolute atomic E-state index is 0.283. The second-order valence-corrected chi connectivity index (χ2v) is 5.62. The summed E-state index contributed by atoms with van der Waals surface area (Å²) in [6, 6.07) is 16.3. The zero-order valence-electron chi connectivity index (χ0n) is 13.4. The van der Waals surface area contributed by atoms with Gasteiger partial charge in [0.1, 0.15) is 0 Å². The van der Waals surface area contributed by atoms with E-state index in [-0.39, 0.29) is 17.1 Å². The molecule has 0 aliphatic rings. The van der Waals surface area contributed by atoms with E-state index >= 15 is 0 Å². The van der Waals surface area contributed by atoms with Gasteiger partial charge in [-0.2, -0.15) is 0 Å². The molecule has 2 aromatic carbocycles. The molecule has 0 bridgehead atoms. The lowest BCUT2D eigenvalue weighted by Crippen LogP contribution is -2.32. The lowest BCUT2D eigenvalue weighted by molar-refractivity contribution is 0.559. The first-order chi connectivity index (χ1) is 12.5. The van der Waals surface area contributed by atoms with Crippen molar-refractivity contribution < 1.29 is 8.83 Å². The summed E-state index contributed by atoms with van der Waals surface area (Å²) < 4.78 is 10.7. The van der Waals surface area contributed by atoms with Gasteiger partial charge < -0.3 is 14.6 Å². The molecule has 0 aliphatic carbocycles. The normalized spacial score (nSPS) is 10.9. The molecule has 0 saturated heterocycles. The van der Waals surface area contributed by atoms with Crippen molar-refractivity contribution in [2.24, 2.45) is 5.73 Å². The minimum atomic E-state index is -0.516. The maximum Gasteiger partial charge on any atom is 0.336 e. The van der Waals surface area contributed by atoms with Crippen molar-refractivity contribution in [3.8, 4) is 0 Å². The molecule has 2 heterocycles. The van der Waals surface area contributed by atoms with Crippen molar-refractivity contribution in [1.82, 2.24) is 0 Å². The molecule has 2 aromatic heterocycles. The minimum Gasteiger partial charge on any atom is -0.420 e. The van der Waals surface area contributed by atoms with E-state index in [0.717, 1.165) is 0 Å². The van der Waals surface area contributed by atoms with Crippen LogP contribution in [0, 0.1) is 5.41 Å². The molecule has 128 valence electrons. The Bertz CT molecular complexity index is 1180. The topological polar surface area (TPSA) is 114 Å². The molecule has 7 nitrogen and oxygen atoms in total. The summed E-state index contributed by atoms with van der Waals surface area (Å²) in [6.07, 6.45) is 0. The highest BCUT2D eigenvalue weighted by Gasteiger charge is 2.20. The molecular formula is C19H13N3O4. The third kappa shape index (κ3) is 2.51. The molecular weight excluding hydrogens is 334 g/mol. The van der Waals surface area contributed by atoms with Crippen LogP contribution in [0.25, 0.3) is 21.9 Å². The first-order valence-electron chi connectivity index (χ1n) is 7.74. The second-order valence-electron chi connectivity index (χ2n) is 5.62. The highest BCUT2D eigenvalue weighted by atomic mass is 16.4. The van der Waals surface area contributed by atoms with Gasteiger partial charge in [-0.15, -0.1) is 0 Å². The van der Waals surface area contributed by atoms with Crippen LogP contribution in [-0.2, 0) is 0 Å². The molecule has 0 aliphatic heterocycles. The number of rotatable bonds is 2. The smallest absolute Gasteiger partial charge is 0.336 e. The van der Waals surface area contributed by atoms with Gasteiger partial charge in [-0.1, -0.05) is 24.3 Å². The fraction of sp³-hybridized carbons (Fsp3) is 0. The van der Waals surface area contributed by atoms with Crippen LogP contribution in [0.2, 0.25) is 0 Å². The molecule has 0 fully saturated rings.